The highest BCUT2D eigenvalue weighted by molar-refractivity contribution is 6.04. The van der Waals surface area contributed by atoms with Gasteiger partial charge in [-0.2, -0.15) is 0 Å². The minimum absolute atomic E-state index is 0.132. The highest BCUT2D eigenvalue weighted by atomic mass is 16.5. The summed E-state index contributed by atoms with van der Waals surface area (Å²) in [6, 6.07) is 15.7. The van der Waals surface area contributed by atoms with Crippen LogP contribution < -0.4 is 10.9 Å². The van der Waals surface area contributed by atoms with Crippen LogP contribution in [0.25, 0.3) is 10.9 Å². The second kappa shape index (κ2) is 8.52. The van der Waals surface area contributed by atoms with Crippen LogP contribution in [0.1, 0.15) is 42.1 Å². The molecule has 28 heavy (non-hydrogen) atoms. The van der Waals surface area contributed by atoms with Gasteiger partial charge in [-0.3, -0.25) is 9.59 Å². The zero-order valence-corrected chi connectivity index (χ0v) is 15.8. The third-order valence-corrected chi connectivity index (χ3v) is 4.68. The Morgan fingerprint density at radius 2 is 1.82 bits per heavy atom. The Labute approximate surface area is 162 Å². The first-order valence-corrected chi connectivity index (χ1v) is 9.17. The molecule has 3 rings (SSSR count). The van der Waals surface area contributed by atoms with Gasteiger partial charge in [-0.25, -0.2) is 4.79 Å². The molecule has 0 aliphatic carbocycles. The van der Waals surface area contributed by atoms with Crippen molar-refractivity contribution in [1.29, 1.82) is 0 Å². The summed E-state index contributed by atoms with van der Waals surface area (Å²) in [6.45, 7) is 3.73. The minimum atomic E-state index is -0.715. The van der Waals surface area contributed by atoms with Crippen LogP contribution in [0.5, 0.6) is 0 Å². The lowest BCUT2D eigenvalue weighted by atomic mass is 9.97. The predicted octanol–water partition coefficient (Wildman–Crippen LogP) is 3.84. The van der Waals surface area contributed by atoms with Crippen molar-refractivity contribution in [1.82, 2.24) is 4.98 Å². The van der Waals surface area contributed by atoms with Crippen LogP contribution in [0, 0.1) is 0 Å². The molecule has 1 amide bonds. The van der Waals surface area contributed by atoms with Crippen LogP contribution in [-0.2, 0) is 9.53 Å². The first kappa shape index (κ1) is 19.4. The first-order valence-electron chi connectivity index (χ1n) is 9.17. The van der Waals surface area contributed by atoms with E-state index >= 15 is 0 Å². The number of hydrogen-bond acceptors (Lipinski definition) is 4. The molecular formula is C22H22N2O4. The normalized spacial score (nSPS) is 11.8. The maximum atomic E-state index is 12.4. The molecule has 0 saturated heterocycles. The van der Waals surface area contributed by atoms with E-state index < -0.39 is 24.0 Å². The third kappa shape index (κ3) is 4.28. The van der Waals surface area contributed by atoms with E-state index in [4.69, 9.17) is 4.74 Å². The lowest BCUT2D eigenvalue weighted by molar-refractivity contribution is -0.119. The molecule has 1 aromatic heterocycles. The number of carbonyl (C=O) groups is 2. The molecule has 1 atom stereocenters. The standard InChI is InChI=1S/C22H22N2O4/c1-3-14(2)15-8-4-6-10-18(15)24-21(26)13-28-22(27)17-12-20(25)23-19-11-7-5-9-16(17)19/h4-12,14H,3,13H2,1-2H3,(H,23,25)(H,24,26)/t14-/m0/s1. The van der Waals surface area contributed by atoms with E-state index in [0.29, 0.717) is 22.5 Å². The van der Waals surface area contributed by atoms with Crippen molar-refractivity contribution < 1.29 is 14.3 Å². The largest absolute Gasteiger partial charge is 0.452 e. The van der Waals surface area contributed by atoms with Gasteiger partial charge in [-0.05, 0) is 30.0 Å². The van der Waals surface area contributed by atoms with Gasteiger partial charge >= 0.3 is 5.97 Å². The van der Waals surface area contributed by atoms with Crippen LogP contribution in [0.3, 0.4) is 0 Å². The topological polar surface area (TPSA) is 88.3 Å². The van der Waals surface area contributed by atoms with Gasteiger partial charge in [0.25, 0.3) is 5.91 Å². The maximum absolute atomic E-state index is 12.4. The lowest BCUT2D eigenvalue weighted by Gasteiger charge is -2.15. The van der Waals surface area contributed by atoms with Crippen LogP contribution in [0.15, 0.2) is 59.4 Å². The lowest BCUT2D eigenvalue weighted by Crippen LogP contribution is -2.22. The molecule has 6 heteroatoms. The van der Waals surface area contributed by atoms with Crippen molar-refractivity contribution in [3.8, 4) is 0 Å². The molecular weight excluding hydrogens is 356 g/mol. The van der Waals surface area contributed by atoms with Crippen molar-refractivity contribution in [2.75, 3.05) is 11.9 Å². The molecule has 1 heterocycles. The molecule has 2 N–H and O–H groups in total. The number of hydrogen-bond donors (Lipinski definition) is 2. The van der Waals surface area contributed by atoms with Gasteiger partial charge in [-0.15, -0.1) is 0 Å². The number of anilines is 1. The van der Waals surface area contributed by atoms with E-state index in [9.17, 15) is 14.4 Å². The predicted molar refractivity (Wildman–Crippen MR) is 109 cm³/mol. The summed E-state index contributed by atoms with van der Waals surface area (Å²) in [6.07, 6.45) is 0.942. The Bertz CT molecular complexity index is 1070. The fourth-order valence-corrected chi connectivity index (χ4v) is 3.03. The minimum Gasteiger partial charge on any atom is -0.452 e. The number of aromatic amines is 1. The smallest absolute Gasteiger partial charge is 0.339 e. The quantitative estimate of drug-likeness (QED) is 0.638. The fourth-order valence-electron chi connectivity index (χ4n) is 3.03. The van der Waals surface area contributed by atoms with Gasteiger partial charge in [0, 0.05) is 22.7 Å². The summed E-state index contributed by atoms with van der Waals surface area (Å²) < 4.78 is 5.15. The Hall–Kier alpha value is -3.41. The Morgan fingerprint density at radius 1 is 1.11 bits per heavy atom. The number of H-pyrrole nitrogens is 1. The zero-order chi connectivity index (χ0) is 20.1. The van der Waals surface area contributed by atoms with Crippen molar-refractivity contribution in [3.63, 3.8) is 0 Å². The van der Waals surface area contributed by atoms with E-state index in [0.717, 1.165) is 12.0 Å². The molecule has 0 aliphatic rings. The molecule has 0 aliphatic heterocycles. The molecule has 0 bridgehead atoms. The maximum Gasteiger partial charge on any atom is 0.339 e. The number of benzene rings is 2. The number of fused-ring (bicyclic) bond motifs is 1. The number of rotatable bonds is 6. The Morgan fingerprint density at radius 3 is 2.61 bits per heavy atom. The zero-order valence-electron chi connectivity index (χ0n) is 15.8. The summed E-state index contributed by atoms with van der Waals surface area (Å²) in [7, 11) is 0. The number of carbonyl (C=O) groups excluding carboxylic acids is 2. The van der Waals surface area contributed by atoms with E-state index in [2.05, 4.69) is 24.1 Å². The number of ether oxygens (including phenoxy) is 1. The summed E-state index contributed by atoms with van der Waals surface area (Å²) in [4.78, 5) is 39.2. The first-order chi connectivity index (χ1) is 13.5. The molecule has 0 saturated carbocycles. The molecule has 2 aromatic carbocycles. The van der Waals surface area contributed by atoms with Crippen molar-refractivity contribution in [3.05, 3.63) is 76.1 Å². The molecule has 0 fully saturated rings. The highest BCUT2D eigenvalue weighted by Gasteiger charge is 2.16. The summed E-state index contributed by atoms with van der Waals surface area (Å²) in [5.41, 5.74) is 2.00. The molecule has 0 unspecified atom stereocenters. The number of para-hydroxylation sites is 2. The molecule has 144 valence electrons. The van der Waals surface area contributed by atoms with Crippen molar-refractivity contribution >= 4 is 28.5 Å². The number of esters is 1. The second-order valence-electron chi connectivity index (χ2n) is 6.61. The Balaban J connectivity index is 1.71. The van der Waals surface area contributed by atoms with Gasteiger partial charge in [0.1, 0.15) is 0 Å². The number of amides is 1. The van der Waals surface area contributed by atoms with Gasteiger partial charge in [0.2, 0.25) is 5.56 Å². The number of nitrogens with one attached hydrogen (secondary N) is 2. The van der Waals surface area contributed by atoms with Crippen molar-refractivity contribution in [2.24, 2.45) is 0 Å². The molecule has 0 radical (unpaired) electrons. The van der Waals surface area contributed by atoms with Gasteiger partial charge < -0.3 is 15.0 Å². The number of pyridine rings is 1. The summed E-state index contributed by atoms with van der Waals surface area (Å²) >= 11 is 0. The van der Waals surface area contributed by atoms with Crippen molar-refractivity contribution in [2.45, 2.75) is 26.2 Å². The van der Waals surface area contributed by atoms with Crippen LogP contribution in [0.2, 0.25) is 0 Å². The third-order valence-electron chi connectivity index (χ3n) is 4.68. The summed E-state index contributed by atoms with van der Waals surface area (Å²) in [5.74, 6) is -0.854. The average molecular weight is 378 g/mol. The second-order valence-corrected chi connectivity index (χ2v) is 6.61. The van der Waals surface area contributed by atoms with Gasteiger partial charge in [0.05, 0.1) is 5.56 Å². The van der Waals surface area contributed by atoms with Crippen LogP contribution >= 0.6 is 0 Å². The van der Waals surface area contributed by atoms with E-state index in [1.165, 1.54) is 6.07 Å². The SMILES string of the molecule is CC[C@H](C)c1ccccc1NC(=O)COC(=O)c1cc(=O)[nH]c2ccccc12. The van der Waals surface area contributed by atoms with Gasteiger partial charge in [-0.1, -0.05) is 50.2 Å². The monoisotopic (exact) mass is 378 g/mol. The summed E-state index contributed by atoms with van der Waals surface area (Å²) in [5, 5.41) is 3.36. The van der Waals surface area contributed by atoms with Crippen LogP contribution in [0.4, 0.5) is 5.69 Å². The average Bonchev–Trinajstić information content (AvgIpc) is 2.71. The highest BCUT2D eigenvalue weighted by Crippen LogP contribution is 2.26. The molecule has 0 spiro atoms. The molecule has 3 aromatic rings. The molecule has 6 nitrogen and oxygen atoms in total. The van der Waals surface area contributed by atoms with E-state index in [-0.39, 0.29) is 5.56 Å². The number of aromatic nitrogens is 1. The van der Waals surface area contributed by atoms with Gasteiger partial charge in [0.15, 0.2) is 6.61 Å². The van der Waals surface area contributed by atoms with E-state index in [1.807, 2.05) is 24.3 Å². The van der Waals surface area contributed by atoms with Crippen LogP contribution in [-0.4, -0.2) is 23.5 Å². The van der Waals surface area contributed by atoms with E-state index in [1.54, 1.807) is 24.3 Å². The fraction of sp³-hybridized carbons (Fsp3) is 0.227. The Kier molecular flexibility index (Phi) is 5.89.